The highest BCUT2D eigenvalue weighted by Crippen LogP contribution is 2.22. The van der Waals surface area contributed by atoms with E-state index in [0.717, 1.165) is 25.9 Å². The fourth-order valence-electron chi connectivity index (χ4n) is 2.36. The Morgan fingerprint density at radius 1 is 1.44 bits per heavy atom. The van der Waals surface area contributed by atoms with E-state index in [4.69, 9.17) is 0 Å². The molecule has 1 fully saturated rings. The normalized spacial score (nSPS) is 18.9. The van der Waals surface area contributed by atoms with Crippen molar-refractivity contribution in [2.45, 2.75) is 38.8 Å². The van der Waals surface area contributed by atoms with E-state index < -0.39 is 0 Å². The molecule has 0 atom stereocenters. The standard InChI is InChI=1S/C13H22N4O/c1-4-16-10-7-15-11(12(16)18)17-8-5-13(2,14-3)6-9-17/h7,10,14H,4-6,8-9H2,1-3H3. The SMILES string of the molecule is CCn1ccnc(N2CCC(C)(NC)CC2)c1=O. The van der Waals surface area contributed by atoms with E-state index in [1.165, 1.54) is 0 Å². The van der Waals surface area contributed by atoms with Gasteiger partial charge in [0.2, 0.25) is 0 Å². The molecule has 2 rings (SSSR count). The van der Waals surface area contributed by atoms with Gasteiger partial charge in [0.15, 0.2) is 5.82 Å². The van der Waals surface area contributed by atoms with Crippen molar-refractivity contribution in [2.24, 2.45) is 0 Å². The number of hydrogen-bond donors (Lipinski definition) is 1. The minimum Gasteiger partial charge on any atom is -0.352 e. The van der Waals surface area contributed by atoms with Crippen LogP contribution < -0.4 is 15.8 Å². The summed E-state index contributed by atoms with van der Waals surface area (Å²) < 4.78 is 1.70. The second-order valence-corrected chi connectivity index (χ2v) is 5.14. The van der Waals surface area contributed by atoms with Gasteiger partial charge in [0, 0.05) is 37.6 Å². The number of hydrogen-bond acceptors (Lipinski definition) is 4. The number of rotatable bonds is 3. The predicted octanol–water partition coefficient (Wildman–Crippen LogP) is 0.841. The molecule has 1 N–H and O–H groups in total. The van der Waals surface area contributed by atoms with Gasteiger partial charge in [0.25, 0.3) is 5.56 Å². The Bertz CT molecular complexity index is 460. The summed E-state index contributed by atoms with van der Waals surface area (Å²) in [5, 5.41) is 3.36. The van der Waals surface area contributed by atoms with Gasteiger partial charge in [-0.25, -0.2) is 4.98 Å². The zero-order chi connectivity index (χ0) is 13.2. The Balaban J connectivity index is 2.18. The molecular weight excluding hydrogens is 228 g/mol. The van der Waals surface area contributed by atoms with Crippen LogP contribution in [0.25, 0.3) is 0 Å². The lowest BCUT2D eigenvalue weighted by Gasteiger charge is -2.39. The number of anilines is 1. The van der Waals surface area contributed by atoms with Gasteiger partial charge in [-0.3, -0.25) is 4.79 Å². The molecule has 1 aliphatic heterocycles. The van der Waals surface area contributed by atoms with Crippen LogP contribution in [0.15, 0.2) is 17.2 Å². The third kappa shape index (κ3) is 2.41. The summed E-state index contributed by atoms with van der Waals surface area (Å²) in [6.07, 6.45) is 5.52. The summed E-state index contributed by atoms with van der Waals surface area (Å²) >= 11 is 0. The first-order valence-electron chi connectivity index (χ1n) is 6.59. The smallest absolute Gasteiger partial charge is 0.293 e. The van der Waals surface area contributed by atoms with E-state index in [0.29, 0.717) is 12.4 Å². The molecule has 5 heteroatoms. The van der Waals surface area contributed by atoms with E-state index in [2.05, 4.69) is 22.1 Å². The topological polar surface area (TPSA) is 50.2 Å². The van der Waals surface area contributed by atoms with Crippen LogP contribution in [0.1, 0.15) is 26.7 Å². The van der Waals surface area contributed by atoms with E-state index >= 15 is 0 Å². The van der Waals surface area contributed by atoms with Crippen LogP contribution in [-0.2, 0) is 6.54 Å². The van der Waals surface area contributed by atoms with Crippen molar-refractivity contribution in [3.8, 4) is 0 Å². The van der Waals surface area contributed by atoms with Gasteiger partial charge in [-0.1, -0.05) is 0 Å². The van der Waals surface area contributed by atoms with E-state index in [-0.39, 0.29) is 11.1 Å². The van der Waals surface area contributed by atoms with Gasteiger partial charge in [-0.2, -0.15) is 0 Å². The van der Waals surface area contributed by atoms with Crippen LogP contribution in [0.2, 0.25) is 0 Å². The summed E-state index contributed by atoms with van der Waals surface area (Å²) in [5.41, 5.74) is 0.211. The number of nitrogens with zero attached hydrogens (tertiary/aromatic N) is 3. The maximum atomic E-state index is 12.2. The largest absolute Gasteiger partial charge is 0.352 e. The number of nitrogens with one attached hydrogen (secondary N) is 1. The summed E-state index contributed by atoms with van der Waals surface area (Å²) in [5.74, 6) is 0.595. The summed E-state index contributed by atoms with van der Waals surface area (Å²) in [4.78, 5) is 18.5. The van der Waals surface area contributed by atoms with E-state index in [1.807, 2.05) is 14.0 Å². The van der Waals surface area contributed by atoms with Gasteiger partial charge in [-0.15, -0.1) is 0 Å². The lowest BCUT2D eigenvalue weighted by atomic mass is 9.90. The highest BCUT2D eigenvalue weighted by molar-refractivity contribution is 5.36. The molecule has 0 aliphatic carbocycles. The van der Waals surface area contributed by atoms with Crippen molar-refractivity contribution in [3.63, 3.8) is 0 Å². The van der Waals surface area contributed by atoms with Gasteiger partial charge in [0.1, 0.15) is 0 Å². The Labute approximate surface area is 108 Å². The quantitative estimate of drug-likeness (QED) is 0.864. The molecule has 0 amide bonds. The molecule has 1 aromatic rings. The Morgan fingerprint density at radius 3 is 2.67 bits per heavy atom. The second kappa shape index (κ2) is 5.10. The van der Waals surface area contributed by atoms with Gasteiger partial charge in [-0.05, 0) is 33.7 Å². The summed E-state index contributed by atoms with van der Waals surface area (Å²) in [6, 6.07) is 0. The van der Waals surface area contributed by atoms with Crippen molar-refractivity contribution in [1.82, 2.24) is 14.9 Å². The molecule has 1 saturated heterocycles. The van der Waals surface area contributed by atoms with E-state index in [9.17, 15) is 4.79 Å². The molecule has 1 aliphatic rings. The fourth-order valence-corrected chi connectivity index (χ4v) is 2.36. The third-order valence-electron chi connectivity index (χ3n) is 4.01. The molecule has 18 heavy (non-hydrogen) atoms. The molecule has 0 bridgehead atoms. The average molecular weight is 250 g/mol. The van der Waals surface area contributed by atoms with Gasteiger partial charge < -0.3 is 14.8 Å². The molecule has 1 aromatic heterocycles. The maximum Gasteiger partial charge on any atom is 0.293 e. The first-order valence-corrected chi connectivity index (χ1v) is 6.59. The van der Waals surface area contributed by atoms with Crippen molar-refractivity contribution in [1.29, 1.82) is 0 Å². The Morgan fingerprint density at radius 2 is 2.11 bits per heavy atom. The lowest BCUT2D eigenvalue weighted by molar-refractivity contribution is 0.304. The molecule has 0 unspecified atom stereocenters. The monoisotopic (exact) mass is 250 g/mol. The number of piperidine rings is 1. The molecule has 0 radical (unpaired) electrons. The summed E-state index contributed by atoms with van der Waals surface area (Å²) in [7, 11) is 2.00. The Hall–Kier alpha value is -1.36. The minimum absolute atomic E-state index is 0.0214. The summed E-state index contributed by atoms with van der Waals surface area (Å²) in [6.45, 7) is 6.66. The van der Waals surface area contributed by atoms with Crippen LogP contribution >= 0.6 is 0 Å². The third-order valence-corrected chi connectivity index (χ3v) is 4.01. The van der Waals surface area contributed by atoms with Crippen LogP contribution in [-0.4, -0.2) is 35.2 Å². The zero-order valence-electron chi connectivity index (χ0n) is 11.4. The fraction of sp³-hybridized carbons (Fsp3) is 0.692. The first kappa shape index (κ1) is 13.1. The van der Waals surface area contributed by atoms with Gasteiger partial charge >= 0.3 is 0 Å². The molecule has 5 nitrogen and oxygen atoms in total. The van der Waals surface area contributed by atoms with Crippen LogP contribution in [0.5, 0.6) is 0 Å². The average Bonchev–Trinajstić information content (AvgIpc) is 2.40. The number of aryl methyl sites for hydroxylation is 1. The van der Waals surface area contributed by atoms with Crippen molar-refractivity contribution < 1.29 is 0 Å². The molecule has 0 saturated carbocycles. The molecule has 0 aromatic carbocycles. The van der Waals surface area contributed by atoms with Crippen molar-refractivity contribution in [3.05, 3.63) is 22.7 Å². The first-order chi connectivity index (χ1) is 8.59. The van der Waals surface area contributed by atoms with Crippen LogP contribution in [0.4, 0.5) is 5.82 Å². The van der Waals surface area contributed by atoms with Crippen LogP contribution in [0.3, 0.4) is 0 Å². The molecule has 2 heterocycles. The zero-order valence-corrected chi connectivity index (χ0v) is 11.4. The highest BCUT2D eigenvalue weighted by atomic mass is 16.1. The number of aromatic nitrogens is 2. The maximum absolute atomic E-state index is 12.2. The minimum atomic E-state index is 0.0214. The molecule has 0 spiro atoms. The lowest BCUT2D eigenvalue weighted by Crippen LogP contribution is -2.51. The predicted molar refractivity (Wildman–Crippen MR) is 73.1 cm³/mol. The highest BCUT2D eigenvalue weighted by Gasteiger charge is 2.29. The Kier molecular flexibility index (Phi) is 3.71. The second-order valence-electron chi connectivity index (χ2n) is 5.14. The molecule has 100 valence electrons. The molecular formula is C13H22N4O. The van der Waals surface area contributed by atoms with Crippen molar-refractivity contribution >= 4 is 5.82 Å². The van der Waals surface area contributed by atoms with Gasteiger partial charge in [0.05, 0.1) is 0 Å². The van der Waals surface area contributed by atoms with E-state index in [1.54, 1.807) is 17.0 Å². The van der Waals surface area contributed by atoms with Crippen molar-refractivity contribution in [2.75, 3.05) is 25.0 Å². The van der Waals surface area contributed by atoms with Crippen LogP contribution in [0, 0.1) is 0 Å².